The molecular weight excluding hydrogens is 156 g/mol. The second-order valence-corrected chi connectivity index (χ2v) is 3.96. The molecule has 0 rings (SSSR count). The van der Waals surface area contributed by atoms with Crippen molar-refractivity contribution in [2.45, 2.75) is 34.1 Å². The molecule has 0 saturated carbocycles. The molecule has 2 atom stereocenters. The number of hydrogen-bond donors (Lipinski definition) is 0. The summed E-state index contributed by atoms with van der Waals surface area (Å²) in [6.07, 6.45) is 1.18. The van der Waals surface area contributed by atoms with Crippen molar-refractivity contribution < 1.29 is 0 Å². The van der Waals surface area contributed by atoms with Crippen molar-refractivity contribution in [1.82, 2.24) is 0 Å². The summed E-state index contributed by atoms with van der Waals surface area (Å²) in [7, 11) is 0. The van der Waals surface area contributed by atoms with Gasteiger partial charge in [-0.25, -0.2) is 0 Å². The van der Waals surface area contributed by atoms with Gasteiger partial charge in [0.2, 0.25) is 0 Å². The van der Waals surface area contributed by atoms with Crippen LogP contribution in [-0.4, -0.2) is 0 Å². The molecule has 0 saturated heterocycles. The van der Waals surface area contributed by atoms with E-state index in [1.54, 1.807) is 0 Å². The largest absolute Gasteiger partial charge is 0.0955 e. The summed E-state index contributed by atoms with van der Waals surface area (Å²) in [5, 5.41) is 0. The highest BCUT2D eigenvalue weighted by atomic mass is 14.2. The lowest BCUT2D eigenvalue weighted by molar-refractivity contribution is 0.432. The number of rotatable bonds is 5. The molecule has 0 heterocycles. The quantitative estimate of drug-likeness (QED) is 0.549. The zero-order chi connectivity index (χ0) is 10.6. The second kappa shape index (κ2) is 5.06. The molecule has 0 N–H and O–H groups in total. The van der Waals surface area contributed by atoms with Crippen molar-refractivity contribution in [3.8, 4) is 0 Å². The van der Waals surface area contributed by atoms with Crippen molar-refractivity contribution in [2.75, 3.05) is 0 Å². The fraction of sp³-hybridized carbons (Fsp3) is 0.538. The Hall–Kier alpha value is -0.780. The summed E-state index contributed by atoms with van der Waals surface area (Å²) >= 11 is 0. The Kier molecular flexibility index (Phi) is 4.76. The minimum Gasteiger partial charge on any atom is -0.0955 e. The van der Waals surface area contributed by atoms with E-state index in [-0.39, 0.29) is 0 Å². The number of hydrogen-bond acceptors (Lipinski definition) is 0. The molecule has 0 aromatic rings. The second-order valence-electron chi connectivity index (χ2n) is 3.96. The van der Waals surface area contributed by atoms with Crippen LogP contribution in [0.25, 0.3) is 0 Å². The molecule has 0 bridgehead atoms. The van der Waals surface area contributed by atoms with Crippen LogP contribution < -0.4 is 0 Å². The fourth-order valence-electron chi connectivity index (χ4n) is 1.25. The van der Waals surface area contributed by atoms with Crippen LogP contribution in [0.2, 0.25) is 0 Å². The average Bonchev–Trinajstić information content (AvgIpc) is 2.12. The molecule has 0 aromatic carbocycles. The van der Waals surface area contributed by atoms with Gasteiger partial charge in [-0.3, -0.25) is 0 Å². The zero-order valence-electron chi connectivity index (χ0n) is 9.48. The van der Waals surface area contributed by atoms with Gasteiger partial charge < -0.3 is 0 Å². The monoisotopic (exact) mass is 178 g/mol. The maximum absolute atomic E-state index is 4.08. The van der Waals surface area contributed by atoms with Crippen molar-refractivity contribution in [1.29, 1.82) is 0 Å². The Labute approximate surface area is 83.0 Å². The van der Waals surface area contributed by atoms with Gasteiger partial charge in [0.1, 0.15) is 0 Å². The van der Waals surface area contributed by atoms with Gasteiger partial charge in [0.15, 0.2) is 0 Å². The lowest BCUT2D eigenvalue weighted by atomic mass is 9.83. The summed E-state index contributed by atoms with van der Waals surface area (Å²) in [5.74, 6) is 1.18. The predicted octanol–water partition coefficient (Wildman–Crippen LogP) is 4.36. The first-order valence-electron chi connectivity index (χ1n) is 4.95. The van der Waals surface area contributed by atoms with E-state index in [4.69, 9.17) is 0 Å². The van der Waals surface area contributed by atoms with Gasteiger partial charge in [-0.2, -0.15) is 0 Å². The molecule has 0 spiro atoms. The Morgan fingerprint density at radius 2 is 1.62 bits per heavy atom. The molecule has 0 aliphatic heterocycles. The standard InChI is InChI=1S/C13H22/c1-8-10(4)12(6)13(7)11(5)9(2)3/h10,12H,2,5,7-8H2,1,3-4,6H3. The van der Waals surface area contributed by atoms with Crippen LogP contribution in [0, 0.1) is 11.8 Å². The van der Waals surface area contributed by atoms with Crippen LogP contribution in [0.4, 0.5) is 0 Å². The SMILES string of the molecule is C=C(C)C(=C)C(=C)C(C)C(C)CC. The van der Waals surface area contributed by atoms with Gasteiger partial charge in [0.25, 0.3) is 0 Å². The molecule has 0 amide bonds. The summed E-state index contributed by atoms with van der Waals surface area (Å²) in [4.78, 5) is 0. The lowest BCUT2D eigenvalue weighted by Crippen LogP contribution is -2.10. The zero-order valence-corrected chi connectivity index (χ0v) is 9.48. The molecule has 0 fully saturated rings. The Morgan fingerprint density at radius 3 is 1.92 bits per heavy atom. The van der Waals surface area contributed by atoms with Gasteiger partial charge in [-0.05, 0) is 29.9 Å². The van der Waals surface area contributed by atoms with E-state index in [0.29, 0.717) is 11.8 Å². The van der Waals surface area contributed by atoms with Crippen LogP contribution in [0.5, 0.6) is 0 Å². The minimum absolute atomic E-state index is 0.509. The summed E-state index contributed by atoms with van der Waals surface area (Å²) < 4.78 is 0. The molecule has 13 heavy (non-hydrogen) atoms. The topological polar surface area (TPSA) is 0 Å². The van der Waals surface area contributed by atoms with E-state index in [2.05, 4.69) is 40.5 Å². The Morgan fingerprint density at radius 1 is 1.15 bits per heavy atom. The van der Waals surface area contributed by atoms with Crippen molar-refractivity contribution in [3.63, 3.8) is 0 Å². The third-order valence-electron chi connectivity index (χ3n) is 2.95. The Bertz CT molecular complexity index is 220. The van der Waals surface area contributed by atoms with E-state index in [0.717, 1.165) is 16.7 Å². The Balaban J connectivity index is 4.43. The summed E-state index contributed by atoms with van der Waals surface area (Å²) in [5.41, 5.74) is 3.19. The van der Waals surface area contributed by atoms with Crippen LogP contribution in [0.3, 0.4) is 0 Å². The third-order valence-corrected chi connectivity index (χ3v) is 2.95. The summed E-state index contributed by atoms with van der Waals surface area (Å²) in [6, 6.07) is 0. The lowest BCUT2D eigenvalue weighted by Gasteiger charge is -2.22. The van der Waals surface area contributed by atoms with Crippen LogP contribution in [0.15, 0.2) is 36.5 Å². The highest BCUT2D eigenvalue weighted by Crippen LogP contribution is 2.28. The maximum atomic E-state index is 4.08. The molecular formula is C13H22. The first-order valence-corrected chi connectivity index (χ1v) is 4.95. The highest BCUT2D eigenvalue weighted by Gasteiger charge is 2.15. The van der Waals surface area contributed by atoms with Crippen molar-refractivity contribution in [3.05, 3.63) is 36.5 Å². The molecule has 0 heteroatoms. The molecule has 0 aromatic heterocycles. The molecule has 74 valence electrons. The van der Waals surface area contributed by atoms with Gasteiger partial charge in [-0.15, -0.1) is 0 Å². The van der Waals surface area contributed by atoms with E-state index in [1.807, 2.05) is 6.92 Å². The van der Waals surface area contributed by atoms with E-state index in [9.17, 15) is 0 Å². The molecule has 0 radical (unpaired) electrons. The third kappa shape index (κ3) is 3.22. The normalized spacial score (nSPS) is 14.8. The smallest absolute Gasteiger partial charge is 0.0165 e. The summed E-state index contributed by atoms with van der Waals surface area (Å²) in [6.45, 7) is 20.6. The van der Waals surface area contributed by atoms with E-state index >= 15 is 0 Å². The predicted molar refractivity (Wildman–Crippen MR) is 61.7 cm³/mol. The van der Waals surface area contributed by atoms with Crippen LogP contribution in [-0.2, 0) is 0 Å². The van der Waals surface area contributed by atoms with E-state index < -0.39 is 0 Å². The van der Waals surface area contributed by atoms with Gasteiger partial charge >= 0.3 is 0 Å². The van der Waals surface area contributed by atoms with Gasteiger partial charge in [0, 0.05) is 0 Å². The van der Waals surface area contributed by atoms with Crippen LogP contribution in [0.1, 0.15) is 34.1 Å². The van der Waals surface area contributed by atoms with Crippen LogP contribution >= 0.6 is 0 Å². The van der Waals surface area contributed by atoms with Crippen molar-refractivity contribution in [2.24, 2.45) is 11.8 Å². The molecule has 0 nitrogen and oxygen atoms in total. The average molecular weight is 178 g/mol. The van der Waals surface area contributed by atoms with Gasteiger partial charge in [-0.1, -0.05) is 52.5 Å². The van der Waals surface area contributed by atoms with Gasteiger partial charge in [0.05, 0.1) is 0 Å². The first kappa shape index (κ1) is 12.2. The van der Waals surface area contributed by atoms with Crippen molar-refractivity contribution >= 4 is 0 Å². The molecule has 0 aliphatic rings. The van der Waals surface area contributed by atoms with E-state index in [1.165, 1.54) is 6.42 Å². The number of allylic oxidation sites excluding steroid dienone is 3. The maximum Gasteiger partial charge on any atom is -0.0165 e. The molecule has 0 aliphatic carbocycles. The minimum atomic E-state index is 0.509. The highest BCUT2D eigenvalue weighted by molar-refractivity contribution is 5.41. The first-order chi connectivity index (χ1) is 5.91. The molecule has 2 unspecified atom stereocenters. The fourth-order valence-corrected chi connectivity index (χ4v) is 1.25.